The van der Waals surface area contributed by atoms with Crippen molar-refractivity contribution in [3.8, 4) is 0 Å². The van der Waals surface area contributed by atoms with E-state index in [1.54, 1.807) is 41.5 Å². The van der Waals surface area contributed by atoms with Gasteiger partial charge in [-0.25, -0.2) is 0 Å². The van der Waals surface area contributed by atoms with Gasteiger partial charge >= 0.3 is 5.97 Å². The zero-order valence-electron chi connectivity index (χ0n) is 33.2. The summed E-state index contributed by atoms with van der Waals surface area (Å²) in [5.41, 5.74) is -4.37. The van der Waals surface area contributed by atoms with Crippen molar-refractivity contribution >= 4 is 5.97 Å². The summed E-state index contributed by atoms with van der Waals surface area (Å²) in [6.07, 6.45) is -8.22. The van der Waals surface area contributed by atoms with Crippen molar-refractivity contribution in [3.63, 3.8) is 0 Å². The van der Waals surface area contributed by atoms with Crippen LogP contribution in [0.2, 0.25) is 0 Å². The molecule has 3 fully saturated rings. The van der Waals surface area contributed by atoms with E-state index in [0.717, 1.165) is 0 Å². The average molecular weight is 735 g/mol. The summed E-state index contributed by atoms with van der Waals surface area (Å²) in [7, 11) is 5.27. The zero-order chi connectivity index (χ0) is 38.8. The Morgan fingerprint density at radius 3 is 2.14 bits per heavy atom. The monoisotopic (exact) mass is 734 g/mol. The van der Waals surface area contributed by atoms with Gasteiger partial charge in [-0.15, -0.1) is 0 Å². The first-order chi connectivity index (χ1) is 23.5. The number of ether oxygens (including phenoxy) is 6. The molecule has 14 heteroatoms. The van der Waals surface area contributed by atoms with Gasteiger partial charge in [-0.1, -0.05) is 20.8 Å². The fraction of sp³-hybridized carbons (Fsp3) is 0.973. The summed E-state index contributed by atoms with van der Waals surface area (Å²) in [6, 6.07) is -0.858. The van der Waals surface area contributed by atoms with Gasteiger partial charge in [0.25, 0.3) is 0 Å². The first-order valence-corrected chi connectivity index (χ1v) is 18.8. The van der Waals surface area contributed by atoms with Crippen LogP contribution in [-0.2, 0) is 33.2 Å². The van der Waals surface area contributed by atoms with E-state index in [-0.39, 0.29) is 37.3 Å². The number of aliphatic hydroxyl groups excluding tert-OH is 3. The van der Waals surface area contributed by atoms with Crippen LogP contribution >= 0.6 is 0 Å². The minimum Gasteiger partial charge on any atom is -0.459 e. The van der Waals surface area contributed by atoms with Crippen LogP contribution in [-0.4, -0.2) is 154 Å². The molecule has 18 atom stereocenters. The maximum absolute atomic E-state index is 14.1. The van der Waals surface area contributed by atoms with Crippen molar-refractivity contribution < 1.29 is 58.7 Å². The van der Waals surface area contributed by atoms with Crippen LogP contribution in [0.4, 0.5) is 0 Å². The molecular weight excluding hydrogens is 664 g/mol. The van der Waals surface area contributed by atoms with Crippen molar-refractivity contribution in [1.29, 1.82) is 0 Å². The Morgan fingerprint density at radius 1 is 0.941 bits per heavy atom. The Labute approximate surface area is 305 Å². The number of esters is 1. The van der Waals surface area contributed by atoms with Gasteiger partial charge in [-0.2, -0.15) is 0 Å². The standard InChI is InChI=1S/C37H70N2O12/c1-14-26-37(10,45)30(41)23(6)38-18-19(2)16-35(8,44)32(51-34-28(40)25(39(11)12)15-20(3)47-34)21(4)29(22(5)33(43)49-26)50-27-17-36(9,46-13)31(42)24(7)48-27/h19-32,34,38,40-42,44-45H,14-18H2,1-13H3/t19-,20-,21+,22-,23-,24+,25+,26-,27+,28-,29+,30?,31+,32-,34+,35-,36-,37-/m1/s1. The molecule has 0 amide bonds. The fourth-order valence-electron chi connectivity index (χ4n) is 8.36. The highest BCUT2D eigenvalue weighted by molar-refractivity contribution is 5.73. The molecule has 3 saturated heterocycles. The fourth-order valence-corrected chi connectivity index (χ4v) is 8.36. The van der Waals surface area contributed by atoms with E-state index < -0.39 is 96.0 Å². The van der Waals surface area contributed by atoms with Crippen molar-refractivity contribution in [3.05, 3.63) is 0 Å². The van der Waals surface area contributed by atoms with E-state index in [4.69, 9.17) is 28.4 Å². The highest BCUT2D eigenvalue weighted by Crippen LogP contribution is 2.40. The minimum absolute atomic E-state index is 0.132. The van der Waals surface area contributed by atoms with Crippen LogP contribution in [0.5, 0.6) is 0 Å². The SMILES string of the molecule is CC[C@H]1OC(=O)[C@H](C)[C@@H](O[C@H]2C[C@@](C)(OC)[C@@H](O)[C@H](C)O2)[C@H](C)[C@@H](O[C@@H]2O[C@H](C)C[C@H](N(C)C)[C@H]2O)[C@](C)(O)C[C@@H](C)CN[C@H](C)C(O)[C@]1(C)O. The van der Waals surface area contributed by atoms with Gasteiger partial charge in [0.15, 0.2) is 12.6 Å². The number of rotatable bonds is 7. The van der Waals surface area contributed by atoms with E-state index in [1.807, 2.05) is 39.8 Å². The number of hydrogen-bond acceptors (Lipinski definition) is 14. The van der Waals surface area contributed by atoms with E-state index in [2.05, 4.69) is 5.32 Å². The number of hydrogen-bond donors (Lipinski definition) is 6. The van der Waals surface area contributed by atoms with Gasteiger partial charge in [0.1, 0.15) is 30.0 Å². The second-order valence-electron chi connectivity index (χ2n) is 16.7. The third-order valence-corrected chi connectivity index (χ3v) is 11.7. The van der Waals surface area contributed by atoms with Crippen LogP contribution in [0.25, 0.3) is 0 Å². The summed E-state index contributed by atoms with van der Waals surface area (Å²) >= 11 is 0. The summed E-state index contributed by atoms with van der Waals surface area (Å²) in [4.78, 5) is 16.1. The highest BCUT2D eigenvalue weighted by atomic mass is 16.7. The molecule has 0 bridgehead atoms. The summed E-state index contributed by atoms with van der Waals surface area (Å²) in [6.45, 7) is 17.8. The summed E-state index contributed by atoms with van der Waals surface area (Å²) < 4.78 is 37.4. The largest absolute Gasteiger partial charge is 0.459 e. The minimum atomic E-state index is -1.80. The van der Waals surface area contributed by atoms with Gasteiger partial charge in [0, 0.05) is 31.5 Å². The number of methoxy groups -OCH3 is 1. The smallest absolute Gasteiger partial charge is 0.311 e. The predicted octanol–water partition coefficient (Wildman–Crippen LogP) is 1.56. The predicted molar refractivity (Wildman–Crippen MR) is 190 cm³/mol. The lowest BCUT2D eigenvalue weighted by molar-refractivity contribution is -0.318. The van der Waals surface area contributed by atoms with Gasteiger partial charge in [-0.05, 0) is 94.3 Å². The molecule has 0 aromatic heterocycles. The Balaban J connectivity index is 2.15. The third kappa shape index (κ3) is 10.2. The lowest BCUT2D eigenvalue weighted by atomic mass is 9.77. The second-order valence-corrected chi connectivity index (χ2v) is 16.7. The first kappa shape index (κ1) is 44.4. The first-order valence-electron chi connectivity index (χ1n) is 18.8. The number of nitrogens with one attached hydrogen (secondary N) is 1. The molecule has 1 unspecified atom stereocenters. The van der Waals surface area contributed by atoms with Gasteiger partial charge < -0.3 is 64.2 Å². The van der Waals surface area contributed by atoms with Crippen LogP contribution in [0, 0.1) is 17.8 Å². The topological polar surface area (TPSA) is 189 Å². The van der Waals surface area contributed by atoms with E-state index in [0.29, 0.717) is 13.0 Å². The molecule has 300 valence electrons. The molecule has 0 aliphatic carbocycles. The van der Waals surface area contributed by atoms with Crippen molar-refractivity contribution in [2.24, 2.45) is 17.8 Å². The number of likely N-dealkylation sites (N-methyl/N-ethyl adjacent to an activating group) is 1. The summed E-state index contributed by atoms with van der Waals surface area (Å²) in [5.74, 6) is -2.60. The average Bonchev–Trinajstić information content (AvgIpc) is 3.05. The molecule has 14 nitrogen and oxygen atoms in total. The van der Waals surface area contributed by atoms with Crippen LogP contribution < -0.4 is 5.32 Å². The molecule has 0 aromatic carbocycles. The van der Waals surface area contributed by atoms with E-state index >= 15 is 0 Å². The molecule has 51 heavy (non-hydrogen) atoms. The van der Waals surface area contributed by atoms with Crippen LogP contribution in [0.15, 0.2) is 0 Å². The van der Waals surface area contributed by atoms with Crippen molar-refractivity contribution in [1.82, 2.24) is 10.2 Å². The van der Waals surface area contributed by atoms with Gasteiger partial charge in [0.2, 0.25) is 0 Å². The maximum atomic E-state index is 14.1. The van der Waals surface area contributed by atoms with Gasteiger partial charge in [-0.3, -0.25) is 4.79 Å². The molecule has 3 rings (SSSR count). The Hall–Kier alpha value is -1.01. The van der Waals surface area contributed by atoms with E-state index in [1.165, 1.54) is 14.0 Å². The Bertz CT molecular complexity index is 1110. The quantitative estimate of drug-likeness (QED) is 0.207. The molecule has 3 aliphatic heterocycles. The lowest BCUT2D eigenvalue weighted by Crippen LogP contribution is -2.60. The summed E-state index contributed by atoms with van der Waals surface area (Å²) in [5, 5.41) is 60.9. The number of aliphatic hydroxyl groups is 5. The van der Waals surface area contributed by atoms with Crippen molar-refractivity contribution in [2.75, 3.05) is 27.7 Å². The van der Waals surface area contributed by atoms with Crippen molar-refractivity contribution in [2.45, 2.75) is 185 Å². The van der Waals surface area contributed by atoms with Crippen LogP contribution in [0.3, 0.4) is 0 Å². The molecule has 0 saturated carbocycles. The second kappa shape index (κ2) is 17.6. The lowest BCUT2D eigenvalue weighted by Gasteiger charge is -2.48. The van der Waals surface area contributed by atoms with E-state index in [9.17, 15) is 30.3 Å². The molecule has 3 heterocycles. The van der Waals surface area contributed by atoms with Crippen LogP contribution in [0.1, 0.15) is 94.9 Å². The number of nitrogens with zero attached hydrogens (tertiary/aromatic N) is 1. The third-order valence-electron chi connectivity index (χ3n) is 11.7. The Kier molecular flexibility index (Phi) is 15.3. The maximum Gasteiger partial charge on any atom is 0.311 e. The normalized spacial score (nSPS) is 49.9. The molecule has 0 aromatic rings. The molecule has 0 spiro atoms. The molecule has 3 aliphatic rings. The highest BCUT2D eigenvalue weighted by Gasteiger charge is 2.52. The molecule has 6 N–H and O–H groups in total. The zero-order valence-corrected chi connectivity index (χ0v) is 33.2. The van der Waals surface area contributed by atoms with Gasteiger partial charge in [0.05, 0.1) is 41.5 Å². The number of carbonyl (C=O) groups excluding carboxylic acids is 1. The molecule has 0 radical (unpaired) electrons. The number of cyclic esters (lactones) is 1. The molecular formula is C37H70N2O12. The number of carbonyl (C=O) groups is 1. The Morgan fingerprint density at radius 2 is 1.57 bits per heavy atom.